The maximum atomic E-state index is 13.7. The van der Waals surface area contributed by atoms with Crippen LogP contribution in [0.1, 0.15) is 12.8 Å². The summed E-state index contributed by atoms with van der Waals surface area (Å²) >= 11 is 12.0. The van der Waals surface area contributed by atoms with Crippen LogP contribution < -0.4 is 0 Å². The van der Waals surface area contributed by atoms with E-state index in [4.69, 9.17) is 23.2 Å². The topological polar surface area (TPSA) is 12.9 Å². The van der Waals surface area contributed by atoms with Gasteiger partial charge in [-0.25, -0.2) is 13.8 Å². The van der Waals surface area contributed by atoms with Crippen LogP contribution in [-0.4, -0.2) is 14.6 Å². The molecular weight excluding hydrogens is 287 g/mol. The van der Waals surface area contributed by atoms with Crippen molar-refractivity contribution in [2.45, 2.75) is 27.5 Å². The summed E-state index contributed by atoms with van der Waals surface area (Å²) in [4.78, 5) is 3.90. The van der Waals surface area contributed by atoms with Crippen molar-refractivity contribution in [3.63, 3.8) is 0 Å². The molecule has 0 radical (unpaired) electrons. The fraction of sp³-hybridized carbons (Fsp3) is 0.364. The third-order valence-corrected chi connectivity index (χ3v) is 3.98. The lowest BCUT2D eigenvalue weighted by Gasteiger charge is -2.28. The van der Waals surface area contributed by atoms with Crippen molar-refractivity contribution in [3.05, 3.63) is 37.1 Å². The number of pyridine rings is 1. The standard InChI is InChI=1S/C11H11Cl2F2NS/c1-2-3-7-10(14,15)11(12,13)17-9-6-4-5-8-16-9/h2,4-6,8H,1,3,7H2. The van der Waals surface area contributed by atoms with Gasteiger partial charge in [0.15, 0.2) is 0 Å². The summed E-state index contributed by atoms with van der Waals surface area (Å²) in [6, 6.07) is 4.94. The second kappa shape index (κ2) is 6.03. The zero-order chi connectivity index (χ0) is 12.9. The third kappa shape index (κ3) is 4.12. The molecule has 6 heteroatoms. The van der Waals surface area contributed by atoms with Gasteiger partial charge in [0.2, 0.25) is 3.67 Å². The summed E-state index contributed by atoms with van der Waals surface area (Å²) in [7, 11) is 0. The number of halogens is 4. The molecule has 1 heterocycles. The van der Waals surface area contributed by atoms with Gasteiger partial charge in [-0.05, 0) is 18.6 Å². The number of alkyl halides is 4. The lowest BCUT2D eigenvalue weighted by Crippen LogP contribution is -2.35. The fourth-order valence-corrected chi connectivity index (χ4v) is 2.48. The Labute approximate surface area is 113 Å². The zero-order valence-corrected chi connectivity index (χ0v) is 11.2. The highest BCUT2D eigenvalue weighted by Gasteiger charge is 2.52. The van der Waals surface area contributed by atoms with E-state index in [2.05, 4.69) is 11.6 Å². The summed E-state index contributed by atoms with van der Waals surface area (Å²) in [5.74, 6) is -3.22. The van der Waals surface area contributed by atoms with Crippen molar-refractivity contribution in [2.24, 2.45) is 0 Å². The predicted octanol–water partition coefficient (Wildman–Crippen LogP) is 4.91. The molecule has 1 aromatic rings. The van der Waals surface area contributed by atoms with Crippen molar-refractivity contribution in [1.82, 2.24) is 4.98 Å². The van der Waals surface area contributed by atoms with E-state index in [-0.39, 0.29) is 6.42 Å². The summed E-state index contributed by atoms with van der Waals surface area (Å²) in [5.41, 5.74) is 0. The van der Waals surface area contributed by atoms with Crippen molar-refractivity contribution in [1.29, 1.82) is 0 Å². The van der Waals surface area contributed by atoms with E-state index in [0.717, 1.165) is 0 Å². The van der Waals surface area contributed by atoms with Gasteiger partial charge < -0.3 is 0 Å². The van der Waals surface area contributed by atoms with Crippen molar-refractivity contribution < 1.29 is 8.78 Å². The number of rotatable bonds is 6. The molecule has 94 valence electrons. The van der Waals surface area contributed by atoms with Crippen LogP contribution >= 0.6 is 35.0 Å². The van der Waals surface area contributed by atoms with E-state index in [1.807, 2.05) is 0 Å². The molecule has 0 aliphatic rings. The molecule has 0 N–H and O–H groups in total. The number of hydrogen-bond acceptors (Lipinski definition) is 2. The molecule has 0 amide bonds. The van der Waals surface area contributed by atoms with Crippen molar-refractivity contribution in [2.75, 3.05) is 0 Å². The second-order valence-corrected chi connectivity index (χ2v) is 6.33. The Morgan fingerprint density at radius 3 is 2.65 bits per heavy atom. The number of hydrogen-bond donors (Lipinski definition) is 0. The highest BCUT2D eigenvalue weighted by Crippen LogP contribution is 2.51. The van der Waals surface area contributed by atoms with E-state index >= 15 is 0 Å². The van der Waals surface area contributed by atoms with Gasteiger partial charge in [0.1, 0.15) is 0 Å². The average Bonchev–Trinajstić information content (AvgIpc) is 2.27. The van der Waals surface area contributed by atoms with Crippen LogP contribution in [0.4, 0.5) is 8.78 Å². The van der Waals surface area contributed by atoms with Crippen LogP contribution in [0.3, 0.4) is 0 Å². The van der Waals surface area contributed by atoms with E-state index < -0.39 is 16.0 Å². The third-order valence-electron chi connectivity index (χ3n) is 1.96. The molecule has 0 atom stereocenters. The molecule has 0 saturated carbocycles. The molecular formula is C11H11Cl2F2NS. The summed E-state index contributed by atoms with van der Waals surface area (Å²) in [5, 5.41) is 0.357. The Morgan fingerprint density at radius 2 is 2.12 bits per heavy atom. The monoisotopic (exact) mass is 297 g/mol. The maximum absolute atomic E-state index is 13.7. The Kier molecular flexibility index (Phi) is 5.22. The molecule has 1 aromatic heterocycles. The van der Waals surface area contributed by atoms with Gasteiger partial charge in [-0.2, -0.15) is 0 Å². The highest BCUT2D eigenvalue weighted by atomic mass is 35.5. The summed E-state index contributed by atoms with van der Waals surface area (Å²) in [6.07, 6.45) is 2.61. The first kappa shape index (κ1) is 14.7. The molecule has 0 aliphatic heterocycles. The molecule has 0 aromatic carbocycles. The van der Waals surface area contributed by atoms with Gasteiger partial charge in [0, 0.05) is 12.6 Å². The number of allylic oxidation sites excluding steroid dienone is 1. The number of aromatic nitrogens is 1. The minimum absolute atomic E-state index is 0.150. The lowest BCUT2D eigenvalue weighted by atomic mass is 10.2. The zero-order valence-electron chi connectivity index (χ0n) is 8.88. The number of nitrogens with zero attached hydrogens (tertiary/aromatic N) is 1. The van der Waals surface area contributed by atoms with Gasteiger partial charge in [-0.3, -0.25) is 0 Å². The first-order valence-electron chi connectivity index (χ1n) is 4.85. The smallest absolute Gasteiger partial charge is 0.250 e. The van der Waals surface area contributed by atoms with E-state index in [0.29, 0.717) is 16.8 Å². The van der Waals surface area contributed by atoms with Crippen LogP contribution in [0.5, 0.6) is 0 Å². The van der Waals surface area contributed by atoms with Gasteiger partial charge in [-0.1, -0.05) is 47.1 Å². The molecule has 0 unspecified atom stereocenters. The van der Waals surface area contributed by atoms with Gasteiger partial charge in [0.25, 0.3) is 5.92 Å². The molecule has 1 rings (SSSR count). The SMILES string of the molecule is C=CCCC(F)(F)C(Cl)(Cl)Sc1ccccn1. The molecule has 0 bridgehead atoms. The Hall–Kier alpha value is -0.320. The fourth-order valence-electron chi connectivity index (χ4n) is 1.04. The quantitative estimate of drug-likeness (QED) is 0.420. The summed E-state index contributed by atoms with van der Waals surface area (Å²) in [6.45, 7) is 3.39. The molecule has 0 spiro atoms. The van der Waals surface area contributed by atoms with E-state index in [1.165, 1.54) is 12.3 Å². The van der Waals surface area contributed by atoms with Crippen LogP contribution in [0.25, 0.3) is 0 Å². The first-order valence-corrected chi connectivity index (χ1v) is 6.43. The lowest BCUT2D eigenvalue weighted by molar-refractivity contribution is -0.000622. The van der Waals surface area contributed by atoms with Crippen molar-refractivity contribution >= 4 is 35.0 Å². The first-order chi connectivity index (χ1) is 7.89. The van der Waals surface area contributed by atoms with Crippen molar-refractivity contribution in [3.8, 4) is 0 Å². The van der Waals surface area contributed by atoms with Crippen LogP contribution in [-0.2, 0) is 0 Å². The average molecular weight is 298 g/mol. The van der Waals surface area contributed by atoms with Gasteiger partial charge in [-0.15, -0.1) is 6.58 Å². The molecule has 17 heavy (non-hydrogen) atoms. The molecule has 0 saturated heterocycles. The normalized spacial score (nSPS) is 12.5. The Balaban J connectivity index is 2.76. The Bertz CT molecular complexity index is 371. The van der Waals surface area contributed by atoms with E-state index in [1.54, 1.807) is 18.2 Å². The second-order valence-electron chi connectivity index (χ2n) is 3.32. The van der Waals surface area contributed by atoms with E-state index in [9.17, 15) is 8.78 Å². The molecule has 0 aliphatic carbocycles. The molecule has 0 fully saturated rings. The number of thioether (sulfide) groups is 1. The summed E-state index contributed by atoms with van der Waals surface area (Å²) < 4.78 is 25.2. The Morgan fingerprint density at radius 1 is 1.41 bits per heavy atom. The van der Waals surface area contributed by atoms with Crippen LogP contribution in [0, 0.1) is 0 Å². The van der Waals surface area contributed by atoms with Gasteiger partial charge >= 0.3 is 0 Å². The minimum atomic E-state index is -3.22. The molecule has 1 nitrogen and oxygen atoms in total. The highest BCUT2D eigenvalue weighted by molar-refractivity contribution is 8.03. The van der Waals surface area contributed by atoms with Gasteiger partial charge in [0.05, 0.1) is 5.03 Å². The maximum Gasteiger partial charge on any atom is 0.290 e. The predicted molar refractivity (Wildman–Crippen MR) is 68.9 cm³/mol. The van der Waals surface area contributed by atoms with Crippen LogP contribution in [0.15, 0.2) is 42.1 Å². The largest absolute Gasteiger partial charge is 0.290 e. The minimum Gasteiger partial charge on any atom is -0.250 e. The van der Waals surface area contributed by atoms with Crippen LogP contribution in [0.2, 0.25) is 0 Å².